The molecule has 6 fully saturated rings. The third-order valence-electron chi connectivity index (χ3n) is 11.1. The van der Waals surface area contributed by atoms with E-state index in [2.05, 4.69) is 20.4 Å². The second-order valence-electron chi connectivity index (χ2n) is 12.0. The molecule has 6 nitrogen and oxygen atoms in total. The van der Waals surface area contributed by atoms with E-state index in [1.54, 1.807) is 4.90 Å². The fourth-order valence-electron chi connectivity index (χ4n) is 10.7. The van der Waals surface area contributed by atoms with Crippen LogP contribution in [0.2, 0.25) is 0 Å². The van der Waals surface area contributed by atoms with Crippen LogP contribution in [0, 0.1) is 39.9 Å². The highest BCUT2D eigenvalue weighted by Gasteiger charge is 2.88. The van der Waals surface area contributed by atoms with Gasteiger partial charge in [0.05, 0.1) is 18.5 Å². The number of nitrogens with one attached hydrogen (secondary N) is 1. The van der Waals surface area contributed by atoms with Crippen molar-refractivity contribution in [1.29, 1.82) is 0 Å². The topological polar surface area (TPSA) is 74.1 Å². The van der Waals surface area contributed by atoms with Gasteiger partial charge in [-0.3, -0.25) is 14.4 Å². The molecule has 7 heteroatoms. The molecule has 11 atom stereocenters. The first-order chi connectivity index (χ1) is 15.1. The van der Waals surface area contributed by atoms with Crippen molar-refractivity contribution in [2.24, 2.45) is 39.9 Å². The average molecular weight is 478 g/mol. The van der Waals surface area contributed by atoms with Gasteiger partial charge in [-0.1, -0.05) is 13.5 Å². The number of Topliss-reactive ketones (excluding diaryl/α,β-unsaturated/α-hetero) is 1. The molecular weight excluding hydrogens is 442 g/mol. The van der Waals surface area contributed by atoms with Crippen molar-refractivity contribution >= 4 is 17.7 Å². The first kappa shape index (κ1) is 23.3. The summed E-state index contributed by atoms with van der Waals surface area (Å²) in [5, 5.41) is 0. The third kappa shape index (κ3) is 2.47. The quantitative estimate of drug-likeness (QED) is 0.405. The SMILES string of the molecule is C=C1[C@@H]2C[C@]3(C(CC2=O)[C@]24C5C[C@H]3[C@H]2[NH+](CC)C[C@]5(C)CC[C@@H]4OC(C)=O)[C@@H]1OC(C)=O.[Cl-]. The zero-order chi connectivity index (χ0) is 22.8. The first-order valence-corrected chi connectivity index (χ1v) is 12.5. The summed E-state index contributed by atoms with van der Waals surface area (Å²) >= 11 is 0. The normalized spacial score (nSPS) is 52.7. The summed E-state index contributed by atoms with van der Waals surface area (Å²) < 4.78 is 12.2. The predicted molar refractivity (Wildman–Crippen MR) is 115 cm³/mol. The summed E-state index contributed by atoms with van der Waals surface area (Å²) in [6.45, 7) is 14.2. The fraction of sp³-hybridized carbons (Fsp3) is 0.808. The van der Waals surface area contributed by atoms with Gasteiger partial charge in [-0.2, -0.15) is 0 Å². The van der Waals surface area contributed by atoms with Crippen LogP contribution in [0.1, 0.15) is 59.8 Å². The predicted octanol–water partition coefficient (Wildman–Crippen LogP) is -1.27. The lowest BCUT2D eigenvalue weighted by molar-refractivity contribution is -0.947. The number of piperidine rings is 1. The van der Waals surface area contributed by atoms with Crippen molar-refractivity contribution in [3.63, 3.8) is 0 Å². The Kier molecular flexibility index (Phi) is 5.00. The Bertz CT molecular complexity index is 951. The molecule has 0 aromatic carbocycles. The molecule has 2 spiro atoms. The number of quaternary nitrogens is 1. The smallest absolute Gasteiger partial charge is 0.303 e. The highest BCUT2D eigenvalue weighted by atomic mass is 35.5. The van der Waals surface area contributed by atoms with Crippen LogP contribution in [0.3, 0.4) is 0 Å². The number of halogens is 1. The Labute approximate surface area is 202 Å². The Morgan fingerprint density at radius 1 is 1.18 bits per heavy atom. The van der Waals surface area contributed by atoms with Crippen molar-refractivity contribution in [3.05, 3.63) is 12.2 Å². The van der Waals surface area contributed by atoms with E-state index in [0.29, 0.717) is 24.3 Å². The molecular formula is C26H36ClNO5. The minimum Gasteiger partial charge on any atom is -1.00 e. The van der Waals surface area contributed by atoms with E-state index in [1.807, 2.05) is 0 Å². The maximum absolute atomic E-state index is 13.4. The third-order valence-corrected chi connectivity index (χ3v) is 11.1. The van der Waals surface area contributed by atoms with Gasteiger partial charge in [-0.05, 0) is 50.0 Å². The van der Waals surface area contributed by atoms with Crippen molar-refractivity contribution in [3.8, 4) is 0 Å². The molecule has 6 rings (SSSR count). The number of fused-ring (bicyclic) bond motifs is 1. The summed E-state index contributed by atoms with van der Waals surface area (Å²) in [5.41, 5.74) is 0.550. The molecule has 0 amide bonds. The highest BCUT2D eigenvalue weighted by Crippen LogP contribution is 2.81. The maximum atomic E-state index is 13.4. The van der Waals surface area contributed by atoms with E-state index in [1.165, 1.54) is 13.8 Å². The molecule has 7 bridgehead atoms. The van der Waals surface area contributed by atoms with Gasteiger partial charge in [0.25, 0.3) is 0 Å². The van der Waals surface area contributed by atoms with Crippen LogP contribution >= 0.6 is 0 Å². The summed E-state index contributed by atoms with van der Waals surface area (Å²) in [5.74, 6) is 0.436. The Hall–Kier alpha value is -1.40. The standard InChI is InChI=1S/C26H35NO5.ClH/c1-6-27-12-24(5)8-7-21(31-14(3)28)26-19(24)9-17(22(26)27)25-11-16(18(30)10-20(25)26)13(2)23(25)32-15(4)29;/h16-17,19-23H,2,6-12H2,1,3-5H3;1H/t16-,17-,19?,20?,21-,22+,23+,24-,25-,26-;/m0./s1. The van der Waals surface area contributed by atoms with Crippen LogP contribution in [0.25, 0.3) is 0 Å². The number of carbonyl (C=O) groups excluding carboxylic acids is 3. The molecule has 1 N–H and O–H groups in total. The molecule has 0 aromatic rings. The van der Waals surface area contributed by atoms with Crippen molar-refractivity contribution in [2.75, 3.05) is 13.1 Å². The lowest BCUT2D eigenvalue weighted by Crippen LogP contribution is -3.20. The number of rotatable bonds is 3. The van der Waals surface area contributed by atoms with Crippen molar-refractivity contribution in [1.82, 2.24) is 0 Å². The molecule has 0 aromatic heterocycles. The lowest BCUT2D eigenvalue weighted by atomic mass is 9.43. The number of esters is 2. The molecule has 0 radical (unpaired) electrons. The van der Waals surface area contributed by atoms with Crippen LogP contribution < -0.4 is 17.3 Å². The van der Waals surface area contributed by atoms with E-state index in [4.69, 9.17) is 9.47 Å². The Morgan fingerprint density at radius 3 is 2.52 bits per heavy atom. The van der Waals surface area contributed by atoms with Gasteiger partial charge in [-0.15, -0.1) is 0 Å². The highest BCUT2D eigenvalue weighted by molar-refractivity contribution is 5.87. The van der Waals surface area contributed by atoms with Gasteiger partial charge in [0, 0.05) is 42.9 Å². The molecule has 1 heterocycles. The average Bonchev–Trinajstić information content (AvgIpc) is 3.24. The van der Waals surface area contributed by atoms with Gasteiger partial charge < -0.3 is 26.8 Å². The lowest BCUT2D eigenvalue weighted by Gasteiger charge is -2.63. The van der Waals surface area contributed by atoms with Gasteiger partial charge in [0.15, 0.2) is 0 Å². The molecule has 182 valence electrons. The summed E-state index contributed by atoms with van der Waals surface area (Å²) in [6, 6.07) is 0.343. The van der Waals surface area contributed by atoms with Crippen molar-refractivity contribution < 1.29 is 41.2 Å². The minimum absolute atomic E-state index is 0. The van der Waals surface area contributed by atoms with Gasteiger partial charge in [0.1, 0.15) is 24.0 Å². The van der Waals surface area contributed by atoms with E-state index in [9.17, 15) is 14.4 Å². The Balaban J connectivity index is 0.00000228. The monoisotopic (exact) mass is 477 g/mol. The Morgan fingerprint density at radius 2 is 1.88 bits per heavy atom. The van der Waals surface area contributed by atoms with Gasteiger partial charge >= 0.3 is 11.9 Å². The molecule has 33 heavy (non-hydrogen) atoms. The number of hydrogen-bond acceptors (Lipinski definition) is 5. The van der Waals surface area contributed by atoms with Gasteiger partial charge in [0.2, 0.25) is 0 Å². The first-order valence-electron chi connectivity index (χ1n) is 12.5. The number of hydrogen-bond donors (Lipinski definition) is 1. The van der Waals surface area contributed by atoms with Crippen LogP contribution in [-0.4, -0.2) is 49.1 Å². The molecule has 1 aliphatic heterocycles. The fourth-order valence-corrected chi connectivity index (χ4v) is 10.7. The van der Waals surface area contributed by atoms with E-state index >= 15 is 0 Å². The molecule has 6 aliphatic rings. The summed E-state index contributed by atoms with van der Waals surface area (Å²) in [7, 11) is 0. The van der Waals surface area contributed by atoms with Crippen LogP contribution in [-0.2, 0) is 23.9 Å². The second-order valence-corrected chi connectivity index (χ2v) is 12.0. The number of carbonyl (C=O) groups is 3. The molecule has 1 saturated heterocycles. The summed E-state index contributed by atoms with van der Waals surface area (Å²) in [6.07, 6.45) is 3.74. The number of likely N-dealkylation sites (tertiary alicyclic amines) is 1. The number of ether oxygens (including phenoxy) is 2. The minimum atomic E-state index is -0.392. The van der Waals surface area contributed by atoms with Crippen LogP contribution in [0.5, 0.6) is 0 Å². The van der Waals surface area contributed by atoms with Crippen molar-refractivity contribution in [2.45, 2.75) is 78.0 Å². The van der Waals surface area contributed by atoms with Crippen LogP contribution in [0.15, 0.2) is 12.2 Å². The largest absolute Gasteiger partial charge is 1.00 e. The molecule has 5 saturated carbocycles. The zero-order valence-electron chi connectivity index (χ0n) is 20.1. The number of ketones is 1. The maximum Gasteiger partial charge on any atom is 0.303 e. The van der Waals surface area contributed by atoms with E-state index < -0.39 is 6.10 Å². The molecule has 5 aliphatic carbocycles. The van der Waals surface area contributed by atoms with E-state index in [-0.39, 0.29) is 64.3 Å². The van der Waals surface area contributed by atoms with Gasteiger partial charge in [-0.25, -0.2) is 0 Å². The molecule has 3 unspecified atom stereocenters. The second kappa shape index (κ2) is 7.07. The van der Waals surface area contributed by atoms with E-state index in [0.717, 1.165) is 44.3 Å². The summed E-state index contributed by atoms with van der Waals surface area (Å²) in [4.78, 5) is 39.5. The van der Waals surface area contributed by atoms with Crippen LogP contribution in [0.4, 0.5) is 0 Å². The zero-order valence-corrected chi connectivity index (χ0v) is 20.9.